The number of hydrogen-bond acceptors (Lipinski definition) is 1. The van der Waals surface area contributed by atoms with Crippen molar-refractivity contribution in [3.63, 3.8) is 0 Å². The number of nitrogens with one attached hydrogen (secondary N) is 1. The van der Waals surface area contributed by atoms with Gasteiger partial charge in [-0.3, -0.25) is 5.73 Å². The van der Waals surface area contributed by atoms with Gasteiger partial charge >= 0.3 is 0 Å². The molecule has 0 amide bonds. The molecule has 1 aromatic heterocycles. The van der Waals surface area contributed by atoms with Gasteiger partial charge in [-0.15, -0.1) is 0 Å². The smallest absolute Gasteiger partial charge is 0.285 e. The van der Waals surface area contributed by atoms with Crippen LogP contribution < -0.4 is 10.4 Å². The summed E-state index contributed by atoms with van der Waals surface area (Å²) in [5.41, 5.74) is 5.65. The second-order valence-corrected chi connectivity index (χ2v) is 2.51. The van der Waals surface area contributed by atoms with E-state index in [0.29, 0.717) is 6.04 Å². The first-order chi connectivity index (χ1) is 4.75. The van der Waals surface area contributed by atoms with Gasteiger partial charge in [0.15, 0.2) is 0 Å². The zero-order chi connectivity index (χ0) is 7.56. The molecule has 56 valence electrons. The van der Waals surface area contributed by atoms with E-state index >= 15 is 0 Å². The Morgan fingerprint density at radius 1 is 1.80 bits per heavy atom. The minimum absolute atomic E-state index is 0.468. The van der Waals surface area contributed by atoms with Crippen LogP contribution in [-0.4, -0.2) is 5.10 Å². The number of H-pyrrole nitrogens is 1. The fourth-order valence-corrected chi connectivity index (χ4v) is 0.922. The molecule has 3 nitrogen and oxygen atoms in total. The Morgan fingerprint density at radius 2 is 2.50 bits per heavy atom. The second kappa shape index (κ2) is 2.73. The van der Waals surface area contributed by atoms with Crippen molar-refractivity contribution in [3.8, 4) is 0 Å². The molecule has 0 spiro atoms. The summed E-state index contributed by atoms with van der Waals surface area (Å²) in [7, 11) is 0. The van der Waals surface area contributed by atoms with E-state index in [1.807, 2.05) is 16.9 Å². The highest BCUT2D eigenvalue weighted by atomic mass is 15.3. The SMILES string of the molecule is CC[C@@H](C)[n+]1[nH]ccc1N. The van der Waals surface area contributed by atoms with E-state index in [2.05, 4.69) is 18.9 Å². The van der Waals surface area contributed by atoms with Gasteiger partial charge in [-0.2, -0.15) is 4.68 Å². The van der Waals surface area contributed by atoms with Crippen LogP contribution in [0.5, 0.6) is 0 Å². The summed E-state index contributed by atoms with van der Waals surface area (Å²) in [5, 5.41) is 3.05. The summed E-state index contributed by atoms with van der Waals surface area (Å²) in [5.74, 6) is 0.800. The molecule has 0 radical (unpaired) electrons. The Balaban J connectivity index is 2.82. The molecule has 0 aliphatic heterocycles. The predicted molar refractivity (Wildman–Crippen MR) is 40.4 cm³/mol. The largest absolute Gasteiger partial charge is 0.292 e. The van der Waals surface area contributed by atoms with Crippen molar-refractivity contribution in [3.05, 3.63) is 12.3 Å². The zero-order valence-electron chi connectivity index (χ0n) is 6.46. The lowest BCUT2D eigenvalue weighted by molar-refractivity contribution is -0.758. The Kier molecular flexibility index (Phi) is 1.94. The van der Waals surface area contributed by atoms with Crippen molar-refractivity contribution < 1.29 is 4.68 Å². The van der Waals surface area contributed by atoms with Crippen LogP contribution in [0.3, 0.4) is 0 Å². The molecule has 0 aliphatic rings. The van der Waals surface area contributed by atoms with Gasteiger partial charge in [0.2, 0.25) is 0 Å². The molecular formula is C7H14N3+. The van der Waals surface area contributed by atoms with Crippen LogP contribution in [0.4, 0.5) is 5.82 Å². The highest BCUT2D eigenvalue weighted by molar-refractivity contribution is 5.16. The summed E-state index contributed by atoms with van der Waals surface area (Å²) in [6.07, 6.45) is 2.94. The summed E-state index contributed by atoms with van der Waals surface area (Å²) < 4.78 is 1.96. The van der Waals surface area contributed by atoms with Crippen molar-refractivity contribution in [1.29, 1.82) is 0 Å². The summed E-state index contributed by atoms with van der Waals surface area (Å²) in [4.78, 5) is 0. The lowest BCUT2D eigenvalue weighted by Gasteiger charge is -2.03. The van der Waals surface area contributed by atoms with Crippen LogP contribution in [0.2, 0.25) is 0 Å². The van der Waals surface area contributed by atoms with Gasteiger partial charge in [0.05, 0.1) is 0 Å². The number of anilines is 1. The minimum Gasteiger partial charge on any atom is -0.285 e. The van der Waals surface area contributed by atoms with Crippen LogP contribution in [0.25, 0.3) is 0 Å². The summed E-state index contributed by atoms with van der Waals surface area (Å²) in [6, 6.07) is 2.33. The van der Waals surface area contributed by atoms with E-state index in [1.54, 1.807) is 0 Å². The topological polar surface area (TPSA) is 45.7 Å². The van der Waals surface area contributed by atoms with Crippen molar-refractivity contribution in [2.45, 2.75) is 26.3 Å². The van der Waals surface area contributed by atoms with E-state index in [0.717, 1.165) is 12.2 Å². The fourth-order valence-electron chi connectivity index (χ4n) is 0.922. The monoisotopic (exact) mass is 140 g/mol. The Morgan fingerprint density at radius 3 is 2.90 bits per heavy atom. The molecule has 0 saturated heterocycles. The third-order valence-corrected chi connectivity index (χ3v) is 1.78. The van der Waals surface area contributed by atoms with Gasteiger partial charge in [0.25, 0.3) is 5.82 Å². The van der Waals surface area contributed by atoms with Crippen molar-refractivity contribution >= 4 is 5.82 Å². The number of hydrogen-bond donors (Lipinski definition) is 2. The molecule has 0 unspecified atom stereocenters. The molecule has 0 aliphatic carbocycles. The van der Waals surface area contributed by atoms with Gasteiger partial charge in [-0.05, 0) is 13.3 Å². The predicted octanol–water partition coefficient (Wildman–Crippen LogP) is 0.855. The lowest BCUT2D eigenvalue weighted by Crippen LogP contribution is -2.41. The van der Waals surface area contributed by atoms with Crippen LogP contribution in [0.15, 0.2) is 12.3 Å². The Hall–Kier alpha value is -0.990. The third kappa shape index (κ3) is 1.12. The number of aromatic nitrogens is 2. The van der Waals surface area contributed by atoms with E-state index < -0.39 is 0 Å². The zero-order valence-corrected chi connectivity index (χ0v) is 6.46. The molecule has 0 aromatic carbocycles. The average molecular weight is 140 g/mol. The van der Waals surface area contributed by atoms with Crippen LogP contribution in [-0.2, 0) is 0 Å². The molecule has 0 bridgehead atoms. The molecule has 3 heteroatoms. The Bertz CT molecular complexity index is 204. The normalized spacial score (nSPS) is 13.4. The lowest BCUT2D eigenvalue weighted by atomic mass is 10.3. The molecule has 1 atom stereocenters. The maximum absolute atomic E-state index is 5.65. The van der Waals surface area contributed by atoms with E-state index in [-0.39, 0.29) is 0 Å². The first kappa shape index (κ1) is 7.12. The first-order valence-corrected chi connectivity index (χ1v) is 3.60. The van der Waals surface area contributed by atoms with Gasteiger partial charge in [-0.25, -0.2) is 5.10 Å². The maximum Gasteiger partial charge on any atom is 0.292 e. The molecular weight excluding hydrogens is 126 g/mol. The summed E-state index contributed by atoms with van der Waals surface area (Å²) in [6.45, 7) is 4.27. The first-order valence-electron chi connectivity index (χ1n) is 3.60. The number of nitrogens with zero attached hydrogens (tertiary/aromatic N) is 1. The highest BCUT2D eigenvalue weighted by Crippen LogP contribution is 2.01. The molecule has 10 heavy (non-hydrogen) atoms. The quantitative estimate of drug-likeness (QED) is 0.588. The number of rotatable bonds is 2. The van der Waals surface area contributed by atoms with Crippen molar-refractivity contribution in [1.82, 2.24) is 5.10 Å². The molecule has 1 rings (SSSR count). The number of aromatic amines is 1. The minimum atomic E-state index is 0.468. The fraction of sp³-hybridized carbons (Fsp3) is 0.571. The second-order valence-electron chi connectivity index (χ2n) is 2.51. The number of nitrogen functional groups attached to an aromatic ring is 1. The molecule has 3 N–H and O–H groups in total. The maximum atomic E-state index is 5.65. The van der Waals surface area contributed by atoms with Crippen molar-refractivity contribution in [2.24, 2.45) is 0 Å². The van der Waals surface area contributed by atoms with Crippen molar-refractivity contribution in [2.75, 3.05) is 5.73 Å². The third-order valence-electron chi connectivity index (χ3n) is 1.78. The molecule has 1 heterocycles. The van der Waals surface area contributed by atoms with Crippen LogP contribution in [0.1, 0.15) is 26.3 Å². The highest BCUT2D eigenvalue weighted by Gasteiger charge is 2.10. The van der Waals surface area contributed by atoms with Gasteiger partial charge in [-0.1, -0.05) is 6.92 Å². The van der Waals surface area contributed by atoms with Gasteiger partial charge < -0.3 is 0 Å². The van der Waals surface area contributed by atoms with E-state index in [4.69, 9.17) is 5.73 Å². The molecule has 1 aromatic rings. The van der Waals surface area contributed by atoms with Crippen LogP contribution >= 0.6 is 0 Å². The van der Waals surface area contributed by atoms with E-state index in [9.17, 15) is 0 Å². The summed E-state index contributed by atoms with van der Waals surface area (Å²) >= 11 is 0. The Labute approximate surface area is 60.8 Å². The molecule has 0 saturated carbocycles. The van der Waals surface area contributed by atoms with Crippen LogP contribution in [0, 0.1) is 0 Å². The number of nitrogens with two attached hydrogens (primary N) is 1. The van der Waals surface area contributed by atoms with Gasteiger partial charge in [0.1, 0.15) is 6.04 Å². The molecule has 0 fully saturated rings. The average Bonchev–Trinajstić information content (AvgIpc) is 2.34. The van der Waals surface area contributed by atoms with E-state index in [1.165, 1.54) is 0 Å². The standard InChI is InChI=1S/C7H13N3/c1-3-6(2)10-7(8)4-5-9-10/h4-6H,3H2,1-2H3,(H2,8,9)/p+1/t6-/m1/s1. The van der Waals surface area contributed by atoms with Gasteiger partial charge in [0, 0.05) is 12.3 Å².